The minimum atomic E-state index is -2.73. The Hall–Kier alpha value is -2.08. The Kier molecular flexibility index (Phi) is 3.33. The van der Waals surface area contributed by atoms with Crippen molar-refractivity contribution >= 4 is 17.2 Å². The van der Waals surface area contributed by atoms with E-state index in [1.165, 1.54) is 30.3 Å². The average Bonchev–Trinajstić information content (AvgIpc) is 2.74. The van der Waals surface area contributed by atoms with E-state index in [1.807, 2.05) is 0 Å². The van der Waals surface area contributed by atoms with E-state index in [4.69, 9.17) is 11.6 Å². The number of hydrogen-bond donors (Lipinski definition) is 0. The Labute approximate surface area is 123 Å². The number of fused-ring (bicyclic) bond motifs is 1. The Morgan fingerprint density at radius 2 is 1.86 bits per heavy atom. The van der Waals surface area contributed by atoms with Gasteiger partial charge in [0.2, 0.25) is 0 Å². The number of rotatable bonds is 2. The standard InChI is InChI=1S/C14H9ClF3N3/c1-7-12(15)14-19-10(8-2-4-9(16)5-3-8)6-11(13(17)18)21(14)20-7/h2-6,13H,1H3. The second-order valence-corrected chi connectivity index (χ2v) is 4.89. The van der Waals surface area contributed by atoms with Crippen LogP contribution >= 0.6 is 11.6 Å². The number of nitrogens with zero attached hydrogens (tertiary/aromatic N) is 3. The fourth-order valence-corrected chi connectivity index (χ4v) is 2.20. The van der Waals surface area contributed by atoms with Crippen LogP contribution in [-0.4, -0.2) is 14.6 Å². The van der Waals surface area contributed by atoms with Gasteiger partial charge in [0, 0.05) is 5.56 Å². The topological polar surface area (TPSA) is 30.2 Å². The van der Waals surface area contributed by atoms with E-state index in [0.29, 0.717) is 17.0 Å². The highest BCUT2D eigenvalue weighted by atomic mass is 35.5. The molecule has 0 saturated carbocycles. The van der Waals surface area contributed by atoms with Gasteiger partial charge in [-0.1, -0.05) is 11.6 Å². The van der Waals surface area contributed by atoms with Gasteiger partial charge < -0.3 is 0 Å². The van der Waals surface area contributed by atoms with Crippen LogP contribution in [0.15, 0.2) is 30.3 Å². The van der Waals surface area contributed by atoms with Gasteiger partial charge in [-0.25, -0.2) is 22.7 Å². The van der Waals surface area contributed by atoms with E-state index in [1.54, 1.807) is 6.92 Å². The van der Waals surface area contributed by atoms with E-state index in [2.05, 4.69) is 10.1 Å². The average molecular weight is 312 g/mol. The van der Waals surface area contributed by atoms with Crippen molar-refractivity contribution in [2.75, 3.05) is 0 Å². The Morgan fingerprint density at radius 1 is 1.19 bits per heavy atom. The number of benzene rings is 1. The molecule has 2 heterocycles. The van der Waals surface area contributed by atoms with Gasteiger partial charge in [-0.05, 0) is 37.3 Å². The highest BCUT2D eigenvalue weighted by Gasteiger charge is 2.19. The number of aryl methyl sites for hydroxylation is 1. The smallest absolute Gasteiger partial charge is 0.227 e. The van der Waals surface area contributed by atoms with Crippen LogP contribution in [0.4, 0.5) is 13.2 Å². The maximum absolute atomic E-state index is 13.2. The van der Waals surface area contributed by atoms with Crippen molar-refractivity contribution in [2.24, 2.45) is 0 Å². The van der Waals surface area contributed by atoms with E-state index in [-0.39, 0.29) is 16.4 Å². The molecule has 0 spiro atoms. The van der Waals surface area contributed by atoms with Crippen molar-refractivity contribution in [3.8, 4) is 11.3 Å². The largest absolute Gasteiger partial charge is 0.280 e. The predicted octanol–water partition coefficient (Wildman–Crippen LogP) is 4.43. The van der Waals surface area contributed by atoms with Gasteiger partial charge in [-0.3, -0.25) is 0 Å². The normalized spacial score (nSPS) is 11.5. The fraction of sp³-hybridized carbons (Fsp3) is 0.143. The van der Waals surface area contributed by atoms with E-state index in [0.717, 1.165) is 4.52 Å². The number of hydrogen-bond acceptors (Lipinski definition) is 2. The van der Waals surface area contributed by atoms with E-state index >= 15 is 0 Å². The Morgan fingerprint density at radius 3 is 2.48 bits per heavy atom. The third kappa shape index (κ3) is 2.35. The van der Waals surface area contributed by atoms with Crippen LogP contribution in [0.1, 0.15) is 17.8 Å². The molecule has 2 aromatic heterocycles. The third-order valence-electron chi connectivity index (χ3n) is 3.08. The Bertz CT molecular complexity index is 812. The minimum Gasteiger partial charge on any atom is -0.227 e. The molecule has 0 fully saturated rings. The minimum absolute atomic E-state index is 0.159. The molecular formula is C14H9ClF3N3. The van der Waals surface area contributed by atoms with Crippen molar-refractivity contribution in [1.29, 1.82) is 0 Å². The molecule has 3 nitrogen and oxygen atoms in total. The van der Waals surface area contributed by atoms with Crippen molar-refractivity contribution in [1.82, 2.24) is 14.6 Å². The molecule has 0 atom stereocenters. The summed E-state index contributed by atoms with van der Waals surface area (Å²) in [5.41, 5.74) is 1.08. The molecule has 0 bridgehead atoms. The molecule has 1 aromatic carbocycles. The van der Waals surface area contributed by atoms with Crippen molar-refractivity contribution < 1.29 is 13.2 Å². The van der Waals surface area contributed by atoms with Crippen LogP contribution in [0.5, 0.6) is 0 Å². The van der Waals surface area contributed by atoms with Gasteiger partial charge in [0.15, 0.2) is 5.65 Å². The first kappa shape index (κ1) is 13.9. The quantitative estimate of drug-likeness (QED) is 0.700. The molecule has 0 unspecified atom stereocenters. The summed E-state index contributed by atoms with van der Waals surface area (Å²) in [5.74, 6) is -0.410. The SMILES string of the molecule is Cc1nn2c(C(F)F)cc(-c3ccc(F)cc3)nc2c1Cl. The van der Waals surface area contributed by atoms with Gasteiger partial charge in [0.05, 0.1) is 11.4 Å². The van der Waals surface area contributed by atoms with Gasteiger partial charge in [-0.2, -0.15) is 5.10 Å². The molecule has 21 heavy (non-hydrogen) atoms. The maximum Gasteiger partial charge on any atom is 0.280 e. The summed E-state index contributed by atoms with van der Waals surface area (Å²) in [5, 5.41) is 4.19. The molecule has 0 saturated heterocycles. The molecule has 0 aliphatic heterocycles. The fourth-order valence-electron chi connectivity index (χ4n) is 2.04. The van der Waals surface area contributed by atoms with Crippen molar-refractivity contribution in [2.45, 2.75) is 13.3 Å². The third-order valence-corrected chi connectivity index (χ3v) is 3.53. The van der Waals surface area contributed by atoms with Crippen LogP contribution in [0.3, 0.4) is 0 Å². The summed E-state index contributed by atoms with van der Waals surface area (Å²) in [6.45, 7) is 1.61. The van der Waals surface area contributed by atoms with Gasteiger partial charge in [-0.15, -0.1) is 0 Å². The summed E-state index contributed by atoms with van der Waals surface area (Å²) in [6.07, 6.45) is -2.73. The summed E-state index contributed by atoms with van der Waals surface area (Å²) in [6, 6.07) is 6.66. The molecule has 7 heteroatoms. The summed E-state index contributed by atoms with van der Waals surface area (Å²) in [7, 11) is 0. The lowest BCUT2D eigenvalue weighted by atomic mass is 10.1. The lowest BCUT2D eigenvalue weighted by Crippen LogP contribution is -2.02. The van der Waals surface area contributed by atoms with Gasteiger partial charge in [0.1, 0.15) is 16.5 Å². The lowest BCUT2D eigenvalue weighted by Gasteiger charge is -2.07. The summed E-state index contributed by atoms with van der Waals surface area (Å²) < 4.78 is 40.4. The van der Waals surface area contributed by atoms with Crippen LogP contribution < -0.4 is 0 Å². The first-order valence-electron chi connectivity index (χ1n) is 6.07. The predicted molar refractivity (Wildman–Crippen MR) is 73.1 cm³/mol. The molecule has 0 N–H and O–H groups in total. The number of alkyl halides is 2. The zero-order valence-electron chi connectivity index (χ0n) is 10.8. The highest BCUT2D eigenvalue weighted by molar-refractivity contribution is 6.34. The molecule has 108 valence electrons. The second kappa shape index (κ2) is 5.04. The second-order valence-electron chi connectivity index (χ2n) is 4.51. The van der Waals surface area contributed by atoms with Gasteiger partial charge >= 0.3 is 0 Å². The molecule has 0 aliphatic carbocycles. The molecule has 3 aromatic rings. The Balaban J connectivity index is 2.29. The maximum atomic E-state index is 13.2. The van der Waals surface area contributed by atoms with Crippen molar-refractivity contribution in [3.63, 3.8) is 0 Å². The number of aromatic nitrogens is 3. The molecular weight excluding hydrogens is 303 g/mol. The molecule has 3 rings (SSSR count). The van der Waals surface area contributed by atoms with Crippen molar-refractivity contribution in [3.05, 3.63) is 52.6 Å². The summed E-state index contributed by atoms with van der Waals surface area (Å²) in [4.78, 5) is 4.25. The highest BCUT2D eigenvalue weighted by Crippen LogP contribution is 2.29. The first-order chi connectivity index (χ1) is 9.97. The lowest BCUT2D eigenvalue weighted by molar-refractivity contribution is 0.143. The van der Waals surface area contributed by atoms with Crippen LogP contribution in [-0.2, 0) is 0 Å². The van der Waals surface area contributed by atoms with Gasteiger partial charge in [0.25, 0.3) is 6.43 Å². The van der Waals surface area contributed by atoms with E-state index < -0.39 is 12.2 Å². The molecule has 0 amide bonds. The van der Waals surface area contributed by atoms with Crippen LogP contribution in [0, 0.1) is 12.7 Å². The molecule has 0 radical (unpaired) electrons. The van der Waals surface area contributed by atoms with Crippen LogP contribution in [0.25, 0.3) is 16.9 Å². The summed E-state index contributed by atoms with van der Waals surface area (Å²) >= 11 is 6.05. The van der Waals surface area contributed by atoms with Crippen LogP contribution in [0.2, 0.25) is 5.02 Å². The molecule has 0 aliphatic rings. The monoisotopic (exact) mass is 311 g/mol. The zero-order chi connectivity index (χ0) is 15.1. The number of halogens is 4. The van der Waals surface area contributed by atoms with E-state index in [9.17, 15) is 13.2 Å². The first-order valence-corrected chi connectivity index (χ1v) is 6.45. The zero-order valence-corrected chi connectivity index (χ0v) is 11.6.